The number of carbonyl (C=O) groups excluding carboxylic acids is 2. The molecule has 4 atom stereocenters. The first-order valence-corrected chi connectivity index (χ1v) is 18.3. The first-order chi connectivity index (χ1) is 24.7. The molecule has 3 aromatic rings. The predicted molar refractivity (Wildman–Crippen MR) is 190 cm³/mol. The molecule has 52 heavy (non-hydrogen) atoms. The van der Waals surface area contributed by atoms with E-state index in [-0.39, 0.29) is 60.6 Å². The van der Waals surface area contributed by atoms with Crippen LogP contribution in [0.2, 0.25) is 0 Å². The zero-order valence-corrected chi connectivity index (χ0v) is 29.9. The Morgan fingerprint density at radius 1 is 1.12 bits per heavy atom. The SMILES string of the molecule is Cc1cn([C@H]2C[C@H](N=[N+]=[N-])[C@@H](COP(=O)(Nc3cc(C(=O)Nc4cc(C(=O)NCCC(=N)N)n(C)c4)n(C)c3)OC3CCCCC3)O2)c(=O)[nH]c1=O. The summed E-state index contributed by atoms with van der Waals surface area (Å²) in [5, 5.41) is 19.4. The second-order valence-electron chi connectivity index (χ2n) is 12.8. The molecule has 21 heteroatoms. The maximum absolute atomic E-state index is 14.4. The van der Waals surface area contributed by atoms with Crippen molar-refractivity contribution in [1.82, 2.24) is 24.0 Å². The van der Waals surface area contributed by atoms with Gasteiger partial charge >= 0.3 is 13.4 Å². The molecule has 280 valence electrons. The van der Waals surface area contributed by atoms with Gasteiger partial charge in [-0.15, -0.1) is 0 Å². The van der Waals surface area contributed by atoms with E-state index < -0.39 is 49.2 Å². The van der Waals surface area contributed by atoms with E-state index >= 15 is 0 Å². The van der Waals surface area contributed by atoms with Crippen molar-refractivity contribution in [1.29, 1.82) is 5.41 Å². The molecule has 1 unspecified atom stereocenters. The van der Waals surface area contributed by atoms with Crippen molar-refractivity contribution in [2.45, 2.75) is 76.3 Å². The molecule has 0 radical (unpaired) electrons. The number of amides is 2. The Bertz CT molecular complexity index is 2020. The van der Waals surface area contributed by atoms with Gasteiger partial charge in [-0.25, -0.2) is 9.36 Å². The molecule has 4 heterocycles. The molecular formula is C31H43N12O8P. The number of hydrogen-bond donors (Lipinski definition) is 6. The average molecular weight is 743 g/mol. The molecule has 2 aliphatic rings. The van der Waals surface area contributed by atoms with E-state index in [1.54, 1.807) is 31.1 Å². The monoisotopic (exact) mass is 742 g/mol. The van der Waals surface area contributed by atoms with Crippen molar-refractivity contribution in [3.05, 3.63) is 79.0 Å². The summed E-state index contributed by atoms with van der Waals surface area (Å²) in [5.74, 6) is -0.953. The van der Waals surface area contributed by atoms with E-state index in [0.29, 0.717) is 18.5 Å². The number of hydrogen-bond acceptors (Lipinski definition) is 10. The second-order valence-corrected chi connectivity index (χ2v) is 14.5. The van der Waals surface area contributed by atoms with E-state index in [2.05, 4.69) is 30.7 Å². The number of azide groups is 1. The van der Waals surface area contributed by atoms with Gasteiger partial charge in [-0.1, -0.05) is 24.4 Å². The van der Waals surface area contributed by atoms with Crippen LogP contribution >= 0.6 is 7.75 Å². The Labute approximate surface area is 297 Å². The highest BCUT2D eigenvalue weighted by Gasteiger charge is 2.40. The first kappa shape index (κ1) is 38.1. The molecule has 2 fully saturated rings. The fraction of sp³-hybridized carbons (Fsp3) is 0.516. The van der Waals surface area contributed by atoms with Gasteiger partial charge in [-0.2, -0.15) is 0 Å². The number of H-pyrrole nitrogens is 1. The van der Waals surface area contributed by atoms with Crippen molar-refractivity contribution in [2.24, 2.45) is 24.9 Å². The average Bonchev–Trinajstić information content (AvgIpc) is 3.77. The summed E-state index contributed by atoms with van der Waals surface area (Å²) in [4.78, 5) is 55.5. The van der Waals surface area contributed by atoms with Gasteiger partial charge in [-0.05, 0) is 37.4 Å². The lowest BCUT2D eigenvalue weighted by atomic mass is 9.98. The molecule has 7 N–H and O–H groups in total. The van der Waals surface area contributed by atoms with Crippen LogP contribution in [0.3, 0.4) is 0 Å². The molecule has 0 aromatic carbocycles. The Morgan fingerprint density at radius 2 is 1.79 bits per heavy atom. The number of rotatable bonds is 15. The standard InChI is InChI=1S/C31H43N12O8P/c1-18-14-43(31(47)37-28(18)44)27-13-22(38-40-34)25(50-27)17-49-52(48,51-21-7-5-4-6-8-21)39-20-12-24(42(3)16-20)30(46)36-19-11-23(41(2)15-19)29(45)35-10-9-26(32)33/h11-12,14-16,21-22,25,27H,4-10,13,17H2,1-3H3,(H3,32,33)(H,35,45)(H,36,46)(H,39,48)(H,37,44,47)/t22-,25+,27+,52?/m0/s1. The minimum atomic E-state index is -4.15. The molecule has 0 bridgehead atoms. The van der Waals surface area contributed by atoms with Crippen LogP contribution in [-0.4, -0.2) is 67.7 Å². The lowest BCUT2D eigenvalue weighted by Crippen LogP contribution is -2.33. The van der Waals surface area contributed by atoms with Gasteiger partial charge < -0.3 is 30.2 Å². The van der Waals surface area contributed by atoms with Crippen LogP contribution in [0.4, 0.5) is 11.4 Å². The number of amidine groups is 1. The number of nitrogens with zero attached hydrogens (tertiary/aromatic N) is 6. The van der Waals surface area contributed by atoms with Crippen molar-refractivity contribution in [3.8, 4) is 0 Å². The lowest BCUT2D eigenvalue weighted by Gasteiger charge is -2.28. The third-order valence-electron chi connectivity index (χ3n) is 8.79. The van der Waals surface area contributed by atoms with Crippen LogP contribution in [0, 0.1) is 12.3 Å². The predicted octanol–water partition coefficient (Wildman–Crippen LogP) is 3.38. The zero-order valence-electron chi connectivity index (χ0n) is 29.0. The van der Waals surface area contributed by atoms with Gasteiger partial charge in [0, 0.05) is 62.5 Å². The number of aryl methyl sites for hydroxylation is 3. The number of aromatic amines is 1. The maximum atomic E-state index is 14.4. The number of anilines is 2. The third kappa shape index (κ3) is 9.40. The van der Waals surface area contributed by atoms with E-state index in [4.69, 9.17) is 24.9 Å². The molecular weight excluding hydrogens is 699 g/mol. The summed E-state index contributed by atoms with van der Waals surface area (Å²) in [6.07, 6.45) is 6.75. The normalized spacial score (nSPS) is 20.1. The van der Waals surface area contributed by atoms with E-state index in [0.717, 1.165) is 19.3 Å². The van der Waals surface area contributed by atoms with Crippen LogP contribution in [0.25, 0.3) is 10.4 Å². The van der Waals surface area contributed by atoms with Crippen molar-refractivity contribution < 1.29 is 27.9 Å². The zero-order chi connectivity index (χ0) is 37.6. The van der Waals surface area contributed by atoms with Gasteiger partial charge in [0.2, 0.25) is 0 Å². The Morgan fingerprint density at radius 3 is 2.48 bits per heavy atom. The van der Waals surface area contributed by atoms with Gasteiger partial charge in [0.15, 0.2) is 0 Å². The third-order valence-corrected chi connectivity index (χ3v) is 10.4. The Kier molecular flexibility index (Phi) is 12.1. The summed E-state index contributed by atoms with van der Waals surface area (Å²) in [7, 11) is -0.869. The quantitative estimate of drug-likeness (QED) is 0.0330. The van der Waals surface area contributed by atoms with Gasteiger partial charge in [0.25, 0.3) is 17.4 Å². The van der Waals surface area contributed by atoms with Crippen molar-refractivity contribution in [3.63, 3.8) is 0 Å². The summed E-state index contributed by atoms with van der Waals surface area (Å²) >= 11 is 0. The molecule has 20 nitrogen and oxygen atoms in total. The summed E-state index contributed by atoms with van der Waals surface area (Å²) < 4.78 is 36.7. The van der Waals surface area contributed by atoms with Crippen LogP contribution in [0.5, 0.6) is 0 Å². The van der Waals surface area contributed by atoms with E-state index in [9.17, 15) is 29.3 Å². The molecule has 2 amide bonds. The van der Waals surface area contributed by atoms with Crippen LogP contribution < -0.4 is 32.7 Å². The van der Waals surface area contributed by atoms with Crippen LogP contribution in [-0.2, 0) is 32.4 Å². The molecule has 1 saturated carbocycles. The summed E-state index contributed by atoms with van der Waals surface area (Å²) in [6, 6.07) is 2.19. The molecule has 5 rings (SSSR count). The highest BCUT2D eigenvalue weighted by molar-refractivity contribution is 7.55. The van der Waals surface area contributed by atoms with Gasteiger partial charge in [-0.3, -0.25) is 43.5 Å². The first-order valence-electron chi connectivity index (χ1n) is 16.7. The number of nitrogens with one attached hydrogen (secondary N) is 5. The fourth-order valence-corrected chi connectivity index (χ4v) is 7.68. The Hall–Kier alpha value is -5.13. The summed E-state index contributed by atoms with van der Waals surface area (Å²) in [5.41, 5.74) is 14.7. The van der Waals surface area contributed by atoms with Crippen molar-refractivity contribution >= 4 is 36.8 Å². The van der Waals surface area contributed by atoms with Gasteiger partial charge in [0.05, 0.1) is 42.1 Å². The molecule has 1 aliphatic carbocycles. The lowest BCUT2D eigenvalue weighted by molar-refractivity contribution is -0.0262. The topological polar surface area (TPSA) is 278 Å². The van der Waals surface area contributed by atoms with Crippen LogP contribution in [0.1, 0.15) is 77.7 Å². The molecule has 1 saturated heterocycles. The van der Waals surface area contributed by atoms with E-state index in [1.165, 1.54) is 34.4 Å². The Balaban J connectivity index is 1.30. The van der Waals surface area contributed by atoms with Gasteiger partial charge in [0.1, 0.15) is 17.6 Å². The molecule has 1 aliphatic heterocycles. The second kappa shape index (κ2) is 16.5. The molecule has 0 spiro atoms. The fourth-order valence-electron chi connectivity index (χ4n) is 6.12. The highest BCUT2D eigenvalue weighted by Crippen LogP contribution is 2.51. The van der Waals surface area contributed by atoms with Crippen LogP contribution in [0.15, 0.2) is 45.4 Å². The number of carbonyl (C=O) groups is 2. The largest absolute Gasteiger partial charge is 0.433 e. The number of nitrogens with two attached hydrogens (primary N) is 1. The minimum Gasteiger partial charge on any atom is -0.388 e. The van der Waals surface area contributed by atoms with Crippen molar-refractivity contribution in [2.75, 3.05) is 23.6 Å². The smallest absolute Gasteiger partial charge is 0.388 e. The highest BCUT2D eigenvalue weighted by atomic mass is 31.2. The minimum absolute atomic E-state index is 0.0479. The number of ether oxygens (including phenoxy) is 1. The molecule has 3 aromatic heterocycles. The number of aromatic nitrogens is 4. The maximum Gasteiger partial charge on any atom is 0.433 e. The summed E-state index contributed by atoms with van der Waals surface area (Å²) in [6.45, 7) is 1.39. The van der Waals surface area contributed by atoms with E-state index in [1.807, 2.05) is 0 Å².